The third-order valence-corrected chi connectivity index (χ3v) is 4.80. The first-order chi connectivity index (χ1) is 12.2. The van der Waals surface area contributed by atoms with Crippen LogP contribution in [-0.2, 0) is 9.53 Å². The number of carbonyl (C=O) groups excluding carboxylic acids is 1. The molecule has 138 valence electrons. The molecule has 1 fully saturated rings. The molecule has 0 aliphatic carbocycles. The molecule has 0 radical (unpaired) electrons. The molecule has 2 rings (SSSR count). The van der Waals surface area contributed by atoms with Crippen LogP contribution in [0, 0.1) is 5.92 Å². The van der Waals surface area contributed by atoms with Gasteiger partial charge in [-0.15, -0.1) is 6.58 Å². The van der Waals surface area contributed by atoms with Gasteiger partial charge in [0, 0.05) is 24.8 Å². The van der Waals surface area contributed by atoms with E-state index in [9.17, 15) is 4.79 Å². The Bertz CT molecular complexity index is 544. The van der Waals surface area contributed by atoms with E-state index in [4.69, 9.17) is 9.47 Å². The quantitative estimate of drug-likeness (QED) is 0.367. The number of pyridine rings is 1. The highest BCUT2D eigenvalue weighted by Gasteiger charge is 2.31. The first-order valence-corrected chi connectivity index (χ1v) is 9.18. The standard InChI is InChI=1S/C20H30N2O3/c1-4-6-7-8-16-11-12-22(15-16)18(13-20(23)25-5-2)17-9-10-19(24-3)21-14-17/h4,9-10,14,16,18H,1,5-8,11-13,15H2,2-3H3/t16?,18-/m0/s1. The van der Waals surface area contributed by atoms with Crippen LogP contribution in [0.5, 0.6) is 5.88 Å². The number of methoxy groups -OCH3 is 1. The molecule has 0 spiro atoms. The predicted octanol–water partition coefficient (Wildman–Crippen LogP) is 3.76. The van der Waals surface area contributed by atoms with E-state index in [-0.39, 0.29) is 12.0 Å². The first kappa shape index (κ1) is 19.4. The van der Waals surface area contributed by atoms with Gasteiger partial charge in [0.05, 0.1) is 20.1 Å². The molecule has 1 aliphatic rings. The minimum atomic E-state index is -0.154. The van der Waals surface area contributed by atoms with E-state index >= 15 is 0 Å². The molecule has 2 heterocycles. The lowest BCUT2D eigenvalue weighted by Crippen LogP contribution is -2.29. The van der Waals surface area contributed by atoms with Crippen molar-refractivity contribution < 1.29 is 14.3 Å². The van der Waals surface area contributed by atoms with Gasteiger partial charge in [-0.2, -0.15) is 0 Å². The second-order valence-electron chi connectivity index (χ2n) is 6.53. The molecule has 5 heteroatoms. The van der Waals surface area contributed by atoms with E-state index in [0.29, 0.717) is 24.8 Å². The summed E-state index contributed by atoms with van der Waals surface area (Å²) in [6, 6.07) is 3.87. The SMILES string of the molecule is C=CCCCC1CCN([C@@H](CC(=O)OCC)c2ccc(OC)nc2)C1. The zero-order valence-corrected chi connectivity index (χ0v) is 15.4. The van der Waals surface area contributed by atoms with E-state index in [1.54, 1.807) is 7.11 Å². The number of unbranched alkanes of at least 4 members (excludes halogenated alkanes) is 1. The van der Waals surface area contributed by atoms with Gasteiger partial charge < -0.3 is 9.47 Å². The number of rotatable bonds is 10. The van der Waals surface area contributed by atoms with Crippen LogP contribution in [0.15, 0.2) is 31.0 Å². The predicted molar refractivity (Wildman–Crippen MR) is 98.5 cm³/mol. The summed E-state index contributed by atoms with van der Waals surface area (Å²) in [4.78, 5) is 18.8. The van der Waals surface area contributed by atoms with Crippen LogP contribution in [-0.4, -0.2) is 42.7 Å². The van der Waals surface area contributed by atoms with Gasteiger partial charge in [0.25, 0.3) is 0 Å². The van der Waals surface area contributed by atoms with Gasteiger partial charge in [0.15, 0.2) is 0 Å². The van der Waals surface area contributed by atoms with Crippen molar-refractivity contribution in [1.29, 1.82) is 0 Å². The fraction of sp³-hybridized carbons (Fsp3) is 0.600. The molecule has 0 aromatic carbocycles. The Labute approximate surface area is 151 Å². The van der Waals surface area contributed by atoms with Gasteiger partial charge in [-0.25, -0.2) is 4.98 Å². The number of likely N-dealkylation sites (tertiary alicyclic amines) is 1. The molecule has 0 amide bonds. The second-order valence-corrected chi connectivity index (χ2v) is 6.53. The van der Waals surface area contributed by atoms with Crippen LogP contribution >= 0.6 is 0 Å². The summed E-state index contributed by atoms with van der Waals surface area (Å²) < 4.78 is 10.3. The number of hydrogen-bond donors (Lipinski definition) is 0. The summed E-state index contributed by atoms with van der Waals surface area (Å²) in [7, 11) is 1.60. The molecule has 2 atom stereocenters. The summed E-state index contributed by atoms with van der Waals surface area (Å²) >= 11 is 0. The third kappa shape index (κ3) is 5.85. The van der Waals surface area contributed by atoms with Crippen LogP contribution in [0.3, 0.4) is 0 Å². The van der Waals surface area contributed by atoms with Crippen molar-refractivity contribution in [2.45, 2.75) is 45.1 Å². The first-order valence-electron chi connectivity index (χ1n) is 9.18. The van der Waals surface area contributed by atoms with E-state index < -0.39 is 0 Å². The van der Waals surface area contributed by atoms with Crippen LogP contribution in [0.1, 0.15) is 50.6 Å². The van der Waals surface area contributed by atoms with Crippen molar-refractivity contribution >= 4 is 5.97 Å². The number of allylic oxidation sites excluding steroid dienone is 1. The second kappa shape index (κ2) is 10.2. The van der Waals surface area contributed by atoms with Crippen molar-refractivity contribution in [1.82, 2.24) is 9.88 Å². The Kier molecular flexibility index (Phi) is 7.92. The topological polar surface area (TPSA) is 51.7 Å². The molecule has 1 aromatic heterocycles. The Morgan fingerprint density at radius 3 is 3.00 bits per heavy atom. The molecule has 1 aliphatic heterocycles. The van der Waals surface area contributed by atoms with Gasteiger partial charge in [0.1, 0.15) is 0 Å². The van der Waals surface area contributed by atoms with Crippen molar-refractivity contribution in [2.24, 2.45) is 5.92 Å². The lowest BCUT2D eigenvalue weighted by molar-refractivity contribution is -0.144. The molecule has 0 saturated carbocycles. The van der Waals surface area contributed by atoms with Gasteiger partial charge in [-0.05, 0) is 50.6 Å². The summed E-state index contributed by atoms with van der Waals surface area (Å²) in [5, 5.41) is 0. The fourth-order valence-corrected chi connectivity index (χ4v) is 3.48. The highest BCUT2D eigenvalue weighted by Crippen LogP contribution is 2.32. The van der Waals surface area contributed by atoms with Crippen molar-refractivity contribution in [2.75, 3.05) is 26.8 Å². The van der Waals surface area contributed by atoms with Crippen LogP contribution in [0.2, 0.25) is 0 Å². The Morgan fingerprint density at radius 2 is 2.36 bits per heavy atom. The Morgan fingerprint density at radius 1 is 1.52 bits per heavy atom. The van der Waals surface area contributed by atoms with E-state index in [1.807, 2.05) is 31.3 Å². The maximum Gasteiger partial charge on any atom is 0.307 e. The van der Waals surface area contributed by atoms with Gasteiger partial charge in [-0.3, -0.25) is 9.69 Å². The van der Waals surface area contributed by atoms with Crippen molar-refractivity contribution in [3.05, 3.63) is 36.5 Å². The molecule has 1 aromatic rings. The summed E-state index contributed by atoms with van der Waals surface area (Å²) in [5.41, 5.74) is 1.04. The van der Waals surface area contributed by atoms with Crippen molar-refractivity contribution in [3.63, 3.8) is 0 Å². The zero-order chi connectivity index (χ0) is 18.1. The maximum atomic E-state index is 12.1. The highest BCUT2D eigenvalue weighted by molar-refractivity contribution is 5.70. The number of hydrogen-bond acceptors (Lipinski definition) is 5. The smallest absolute Gasteiger partial charge is 0.307 e. The monoisotopic (exact) mass is 346 g/mol. The minimum Gasteiger partial charge on any atom is -0.481 e. The summed E-state index contributed by atoms with van der Waals surface area (Å²) in [5.74, 6) is 1.12. The molecular weight excluding hydrogens is 316 g/mol. The average molecular weight is 346 g/mol. The van der Waals surface area contributed by atoms with Crippen LogP contribution < -0.4 is 4.74 Å². The number of aromatic nitrogens is 1. The molecule has 5 nitrogen and oxygen atoms in total. The number of esters is 1. The van der Waals surface area contributed by atoms with E-state index in [0.717, 1.165) is 25.1 Å². The number of ether oxygens (including phenoxy) is 2. The molecule has 0 N–H and O–H groups in total. The lowest BCUT2D eigenvalue weighted by Gasteiger charge is -2.27. The Balaban J connectivity index is 2.05. The van der Waals surface area contributed by atoms with Crippen LogP contribution in [0.25, 0.3) is 0 Å². The fourth-order valence-electron chi connectivity index (χ4n) is 3.48. The number of nitrogens with zero attached hydrogens (tertiary/aromatic N) is 2. The molecular formula is C20H30N2O3. The van der Waals surface area contributed by atoms with Gasteiger partial charge in [0.2, 0.25) is 5.88 Å². The molecule has 0 bridgehead atoms. The number of carbonyl (C=O) groups is 1. The summed E-state index contributed by atoms with van der Waals surface area (Å²) in [6.07, 6.45) is 8.82. The van der Waals surface area contributed by atoms with Crippen LogP contribution in [0.4, 0.5) is 0 Å². The third-order valence-electron chi connectivity index (χ3n) is 4.80. The molecule has 1 saturated heterocycles. The minimum absolute atomic E-state index is 0.0156. The lowest BCUT2D eigenvalue weighted by atomic mass is 10.0. The van der Waals surface area contributed by atoms with E-state index in [2.05, 4.69) is 16.5 Å². The van der Waals surface area contributed by atoms with E-state index in [1.165, 1.54) is 19.3 Å². The normalized spacial score (nSPS) is 18.7. The molecule has 1 unspecified atom stereocenters. The summed E-state index contributed by atoms with van der Waals surface area (Å²) in [6.45, 7) is 8.08. The Hall–Kier alpha value is -1.88. The van der Waals surface area contributed by atoms with Gasteiger partial charge in [-0.1, -0.05) is 12.1 Å². The average Bonchev–Trinajstić information content (AvgIpc) is 3.09. The van der Waals surface area contributed by atoms with Crippen molar-refractivity contribution in [3.8, 4) is 5.88 Å². The van der Waals surface area contributed by atoms with Gasteiger partial charge >= 0.3 is 5.97 Å². The molecule has 25 heavy (non-hydrogen) atoms. The maximum absolute atomic E-state index is 12.1. The highest BCUT2D eigenvalue weighted by atomic mass is 16.5. The zero-order valence-electron chi connectivity index (χ0n) is 15.4. The largest absolute Gasteiger partial charge is 0.481 e.